The number of aromatic nitrogens is 2. The average molecular weight is 283 g/mol. The molecule has 0 unspecified atom stereocenters. The number of carbonyl (C=O) groups is 2. The molecule has 2 rings (SSSR count). The summed E-state index contributed by atoms with van der Waals surface area (Å²) >= 11 is 1.26. The molecule has 19 heavy (non-hydrogen) atoms. The number of nitrogens with zero attached hydrogens (tertiary/aromatic N) is 4. The van der Waals surface area contributed by atoms with E-state index in [9.17, 15) is 9.59 Å². The van der Waals surface area contributed by atoms with E-state index >= 15 is 0 Å². The molecular formula is C11H17N5O2S. The normalized spacial score (nSPS) is 16.1. The molecule has 1 fully saturated rings. The minimum atomic E-state index is -0.0445. The summed E-state index contributed by atoms with van der Waals surface area (Å²) in [6, 6.07) is 0. The van der Waals surface area contributed by atoms with Crippen molar-refractivity contribution in [1.82, 2.24) is 19.4 Å². The van der Waals surface area contributed by atoms with Gasteiger partial charge in [0.05, 0.1) is 13.1 Å². The molecule has 1 aromatic heterocycles. The van der Waals surface area contributed by atoms with Gasteiger partial charge in [-0.15, -0.1) is 5.10 Å². The third kappa shape index (κ3) is 3.01. The van der Waals surface area contributed by atoms with Gasteiger partial charge in [0, 0.05) is 24.6 Å². The Labute approximate surface area is 115 Å². The SMILES string of the molecule is CCNc1snnc1CN1CC(=O)N(CC)CC1=O. The molecule has 2 amide bonds. The first kappa shape index (κ1) is 13.7. The molecule has 0 aliphatic carbocycles. The van der Waals surface area contributed by atoms with Crippen LogP contribution in [0.5, 0.6) is 0 Å². The van der Waals surface area contributed by atoms with Gasteiger partial charge in [-0.2, -0.15) is 0 Å². The van der Waals surface area contributed by atoms with E-state index in [0.29, 0.717) is 13.1 Å². The molecule has 1 saturated heterocycles. The summed E-state index contributed by atoms with van der Waals surface area (Å²) in [5.74, 6) is -0.0628. The molecular weight excluding hydrogens is 266 g/mol. The topological polar surface area (TPSA) is 78.4 Å². The summed E-state index contributed by atoms with van der Waals surface area (Å²) in [4.78, 5) is 26.9. The number of rotatable bonds is 5. The van der Waals surface area contributed by atoms with Crippen LogP contribution in [0.2, 0.25) is 0 Å². The predicted molar refractivity (Wildman–Crippen MR) is 71.7 cm³/mol. The summed E-state index contributed by atoms with van der Waals surface area (Å²) < 4.78 is 3.88. The minimum absolute atomic E-state index is 0.0183. The number of amides is 2. The fourth-order valence-corrected chi connectivity index (χ4v) is 2.56. The van der Waals surface area contributed by atoms with Gasteiger partial charge in [-0.25, -0.2) is 0 Å². The van der Waals surface area contributed by atoms with Gasteiger partial charge in [-0.05, 0) is 13.8 Å². The monoisotopic (exact) mass is 283 g/mol. The average Bonchev–Trinajstić information content (AvgIpc) is 2.81. The molecule has 7 nitrogen and oxygen atoms in total. The summed E-state index contributed by atoms with van der Waals surface area (Å²) in [6.45, 7) is 5.81. The van der Waals surface area contributed by atoms with Gasteiger partial charge in [0.1, 0.15) is 17.2 Å². The van der Waals surface area contributed by atoms with E-state index in [1.807, 2.05) is 13.8 Å². The van der Waals surface area contributed by atoms with Crippen LogP contribution < -0.4 is 5.32 Å². The molecule has 1 aromatic rings. The van der Waals surface area contributed by atoms with Gasteiger partial charge >= 0.3 is 0 Å². The predicted octanol–water partition coefficient (Wildman–Crippen LogP) is 0.161. The Morgan fingerprint density at radius 1 is 1.21 bits per heavy atom. The van der Waals surface area contributed by atoms with Gasteiger partial charge in [-0.1, -0.05) is 4.49 Å². The fourth-order valence-electron chi connectivity index (χ4n) is 1.92. The van der Waals surface area contributed by atoms with Crippen LogP contribution in [0.3, 0.4) is 0 Å². The maximum Gasteiger partial charge on any atom is 0.243 e. The van der Waals surface area contributed by atoms with Crippen molar-refractivity contribution in [3.63, 3.8) is 0 Å². The lowest BCUT2D eigenvalue weighted by molar-refractivity contribution is -0.150. The van der Waals surface area contributed by atoms with Crippen molar-refractivity contribution in [2.75, 3.05) is 31.5 Å². The quantitative estimate of drug-likeness (QED) is 0.833. The molecule has 2 heterocycles. The van der Waals surface area contributed by atoms with Crippen molar-refractivity contribution in [2.24, 2.45) is 0 Å². The molecule has 0 spiro atoms. The molecule has 8 heteroatoms. The number of carbonyl (C=O) groups excluding carboxylic acids is 2. The lowest BCUT2D eigenvalue weighted by atomic mass is 10.2. The van der Waals surface area contributed by atoms with Crippen molar-refractivity contribution in [1.29, 1.82) is 0 Å². The van der Waals surface area contributed by atoms with E-state index in [1.165, 1.54) is 16.4 Å². The second-order valence-electron chi connectivity index (χ2n) is 4.24. The highest BCUT2D eigenvalue weighted by Crippen LogP contribution is 2.20. The van der Waals surface area contributed by atoms with E-state index in [2.05, 4.69) is 14.9 Å². The molecule has 104 valence electrons. The van der Waals surface area contributed by atoms with E-state index in [0.717, 1.165) is 17.2 Å². The second kappa shape index (κ2) is 5.96. The van der Waals surface area contributed by atoms with E-state index in [4.69, 9.17) is 0 Å². The molecule has 0 bridgehead atoms. The number of likely N-dealkylation sites (N-methyl/N-ethyl adjacent to an activating group) is 1. The first-order chi connectivity index (χ1) is 9.15. The van der Waals surface area contributed by atoms with Gasteiger partial charge in [0.15, 0.2) is 0 Å². The third-order valence-electron chi connectivity index (χ3n) is 2.97. The summed E-state index contributed by atoms with van der Waals surface area (Å²) in [6.07, 6.45) is 0. The summed E-state index contributed by atoms with van der Waals surface area (Å²) in [5.41, 5.74) is 0.720. The smallest absolute Gasteiger partial charge is 0.243 e. The van der Waals surface area contributed by atoms with Crippen molar-refractivity contribution in [3.8, 4) is 0 Å². The Bertz CT molecular complexity index is 475. The van der Waals surface area contributed by atoms with Crippen molar-refractivity contribution in [3.05, 3.63) is 5.69 Å². The third-order valence-corrected chi connectivity index (χ3v) is 3.70. The van der Waals surface area contributed by atoms with Crippen LogP contribution in [0.15, 0.2) is 0 Å². The summed E-state index contributed by atoms with van der Waals surface area (Å²) in [5, 5.41) is 8.03. The molecule has 0 aromatic carbocycles. The molecule has 0 saturated carbocycles. The first-order valence-electron chi connectivity index (χ1n) is 6.26. The highest BCUT2D eigenvalue weighted by atomic mass is 32.1. The van der Waals surface area contributed by atoms with Gasteiger partial charge in [-0.3, -0.25) is 9.59 Å². The molecule has 1 aliphatic heterocycles. The zero-order valence-corrected chi connectivity index (χ0v) is 11.9. The van der Waals surface area contributed by atoms with E-state index in [-0.39, 0.29) is 24.9 Å². The highest BCUT2D eigenvalue weighted by molar-refractivity contribution is 7.10. The molecule has 0 atom stereocenters. The number of anilines is 1. The molecule has 1 aliphatic rings. The Balaban J connectivity index is 2.04. The molecule has 1 N–H and O–H groups in total. The van der Waals surface area contributed by atoms with Crippen molar-refractivity contribution >= 4 is 28.3 Å². The highest BCUT2D eigenvalue weighted by Gasteiger charge is 2.29. The second-order valence-corrected chi connectivity index (χ2v) is 4.99. The maximum absolute atomic E-state index is 12.0. The van der Waals surface area contributed by atoms with Crippen molar-refractivity contribution < 1.29 is 9.59 Å². The van der Waals surface area contributed by atoms with Gasteiger partial charge < -0.3 is 15.1 Å². The minimum Gasteiger partial charge on any atom is -0.374 e. The van der Waals surface area contributed by atoms with Crippen LogP contribution in [-0.4, -0.2) is 57.4 Å². The standard InChI is InChI=1S/C11H17N5O2S/c1-3-12-11-8(13-14-19-11)5-16-7-9(17)15(4-2)6-10(16)18/h12H,3-7H2,1-2H3. The van der Waals surface area contributed by atoms with E-state index in [1.54, 1.807) is 4.90 Å². The van der Waals surface area contributed by atoms with Crippen molar-refractivity contribution in [2.45, 2.75) is 20.4 Å². The number of hydrogen-bond donors (Lipinski definition) is 1. The Morgan fingerprint density at radius 2 is 1.89 bits per heavy atom. The zero-order chi connectivity index (χ0) is 13.8. The first-order valence-corrected chi connectivity index (χ1v) is 7.03. The fraction of sp³-hybridized carbons (Fsp3) is 0.636. The van der Waals surface area contributed by atoms with Crippen LogP contribution in [0.4, 0.5) is 5.00 Å². The number of hydrogen-bond acceptors (Lipinski definition) is 6. The Morgan fingerprint density at radius 3 is 2.58 bits per heavy atom. The number of piperazine rings is 1. The van der Waals surface area contributed by atoms with Gasteiger partial charge in [0.25, 0.3) is 0 Å². The Hall–Kier alpha value is -1.70. The van der Waals surface area contributed by atoms with Crippen LogP contribution in [0, 0.1) is 0 Å². The van der Waals surface area contributed by atoms with Crippen LogP contribution in [-0.2, 0) is 16.1 Å². The van der Waals surface area contributed by atoms with Crippen LogP contribution in [0.25, 0.3) is 0 Å². The zero-order valence-electron chi connectivity index (χ0n) is 11.0. The lowest BCUT2D eigenvalue weighted by Crippen LogP contribution is -2.53. The number of nitrogens with one attached hydrogen (secondary N) is 1. The summed E-state index contributed by atoms with van der Waals surface area (Å²) in [7, 11) is 0. The van der Waals surface area contributed by atoms with Crippen LogP contribution in [0.1, 0.15) is 19.5 Å². The Kier molecular flexibility index (Phi) is 4.31. The van der Waals surface area contributed by atoms with E-state index < -0.39 is 0 Å². The van der Waals surface area contributed by atoms with Crippen LogP contribution >= 0.6 is 11.5 Å². The largest absolute Gasteiger partial charge is 0.374 e. The lowest BCUT2D eigenvalue weighted by Gasteiger charge is -2.32. The maximum atomic E-state index is 12.0. The molecule has 0 radical (unpaired) electrons. The van der Waals surface area contributed by atoms with Gasteiger partial charge in [0.2, 0.25) is 11.8 Å².